The molecule has 1 unspecified atom stereocenters. The predicted molar refractivity (Wildman–Crippen MR) is 78.2 cm³/mol. The van der Waals surface area contributed by atoms with Crippen molar-refractivity contribution < 1.29 is 4.39 Å². The number of benzene rings is 1. The van der Waals surface area contributed by atoms with Gasteiger partial charge in [-0.3, -0.25) is 4.98 Å². The van der Waals surface area contributed by atoms with Crippen molar-refractivity contribution in [2.45, 2.75) is 19.4 Å². The number of aromatic nitrogens is 1. The van der Waals surface area contributed by atoms with Gasteiger partial charge in [-0.25, -0.2) is 4.39 Å². The van der Waals surface area contributed by atoms with Gasteiger partial charge in [0.2, 0.25) is 0 Å². The molecule has 0 radical (unpaired) electrons. The van der Waals surface area contributed by atoms with Gasteiger partial charge >= 0.3 is 0 Å². The number of nitrogens with zero attached hydrogens (tertiary/aromatic N) is 2. The van der Waals surface area contributed by atoms with Crippen LogP contribution >= 0.6 is 0 Å². The summed E-state index contributed by atoms with van der Waals surface area (Å²) in [5, 5.41) is 0. The van der Waals surface area contributed by atoms with Crippen molar-refractivity contribution in [3.05, 3.63) is 59.2 Å². The van der Waals surface area contributed by atoms with Crippen LogP contribution in [0.2, 0.25) is 0 Å². The number of rotatable bonds is 3. The molecule has 2 aromatic rings. The standard InChI is InChI=1S/C16H18FN3/c1-11-2-3-13(10-19-11)16(9-18)20-7-6-12-4-5-14(17)8-15(12)20/h2-5,8,10,16H,6-7,9,18H2,1H3. The van der Waals surface area contributed by atoms with E-state index in [1.165, 1.54) is 11.6 Å². The number of hydrogen-bond donors (Lipinski definition) is 1. The molecule has 0 saturated heterocycles. The second-order valence-electron chi connectivity index (χ2n) is 5.20. The van der Waals surface area contributed by atoms with Crippen molar-refractivity contribution in [1.29, 1.82) is 0 Å². The maximum atomic E-state index is 13.5. The molecule has 0 aliphatic carbocycles. The minimum absolute atomic E-state index is 0.0474. The molecule has 3 nitrogen and oxygen atoms in total. The van der Waals surface area contributed by atoms with Gasteiger partial charge < -0.3 is 10.6 Å². The van der Waals surface area contributed by atoms with Gasteiger partial charge in [0.1, 0.15) is 5.82 Å². The summed E-state index contributed by atoms with van der Waals surface area (Å²) in [7, 11) is 0. The third-order valence-corrected chi connectivity index (χ3v) is 3.90. The molecule has 20 heavy (non-hydrogen) atoms. The van der Waals surface area contributed by atoms with Gasteiger partial charge in [-0.2, -0.15) is 0 Å². The van der Waals surface area contributed by atoms with E-state index in [-0.39, 0.29) is 11.9 Å². The van der Waals surface area contributed by atoms with Gasteiger partial charge in [-0.05, 0) is 42.7 Å². The van der Waals surface area contributed by atoms with E-state index in [4.69, 9.17) is 5.73 Å². The highest BCUT2D eigenvalue weighted by molar-refractivity contribution is 5.59. The zero-order chi connectivity index (χ0) is 14.1. The van der Waals surface area contributed by atoms with Crippen molar-refractivity contribution in [1.82, 2.24) is 4.98 Å². The predicted octanol–water partition coefficient (Wildman–Crippen LogP) is 2.59. The lowest BCUT2D eigenvalue weighted by Crippen LogP contribution is -2.32. The summed E-state index contributed by atoms with van der Waals surface area (Å²) < 4.78 is 13.5. The zero-order valence-electron chi connectivity index (χ0n) is 11.5. The minimum atomic E-state index is -0.201. The van der Waals surface area contributed by atoms with Crippen LogP contribution in [-0.2, 0) is 6.42 Å². The third kappa shape index (κ3) is 2.27. The second-order valence-corrected chi connectivity index (χ2v) is 5.20. The quantitative estimate of drug-likeness (QED) is 0.933. The molecule has 1 aliphatic rings. The maximum Gasteiger partial charge on any atom is 0.125 e. The molecule has 0 saturated carbocycles. The Morgan fingerprint density at radius 3 is 2.90 bits per heavy atom. The normalized spacial score (nSPS) is 15.2. The highest BCUT2D eigenvalue weighted by Gasteiger charge is 2.26. The Balaban J connectivity index is 1.96. The van der Waals surface area contributed by atoms with E-state index in [2.05, 4.69) is 16.0 Å². The fraction of sp³-hybridized carbons (Fsp3) is 0.312. The molecule has 0 spiro atoms. The number of anilines is 1. The lowest BCUT2D eigenvalue weighted by molar-refractivity contribution is 0.621. The van der Waals surface area contributed by atoms with E-state index in [1.807, 2.05) is 25.3 Å². The fourth-order valence-corrected chi connectivity index (χ4v) is 2.82. The summed E-state index contributed by atoms with van der Waals surface area (Å²) in [6.07, 6.45) is 2.80. The van der Waals surface area contributed by atoms with Crippen molar-refractivity contribution in [3.63, 3.8) is 0 Å². The molecular weight excluding hydrogens is 253 g/mol. The topological polar surface area (TPSA) is 42.1 Å². The summed E-state index contributed by atoms with van der Waals surface area (Å²) in [6.45, 7) is 3.32. The van der Waals surface area contributed by atoms with E-state index < -0.39 is 0 Å². The van der Waals surface area contributed by atoms with Crippen LogP contribution in [0.25, 0.3) is 0 Å². The van der Waals surface area contributed by atoms with E-state index in [0.29, 0.717) is 6.54 Å². The highest BCUT2D eigenvalue weighted by atomic mass is 19.1. The van der Waals surface area contributed by atoms with E-state index >= 15 is 0 Å². The van der Waals surface area contributed by atoms with Crippen LogP contribution in [0.4, 0.5) is 10.1 Å². The van der Waals surface area contributed by atoms with Gasteiger partial charge in [0.05, 0.1) is 6.04 Å². The van der Waals surface area contributed by atoms with Crippen molar-refractivity contribution in [2.75, 3.05) is 18.0 Å². The van der Waals surface area contributed by atoms with Gasteiger partial charge in [0.25, 0.3) is 0 Å². The molecule has 104 valence electrons. The number of fused-ring (bicyclic) bond motifs is 1. The summed E-state index contributed by atoms with van der Waals surface area (Å²) in [5.41, 5.74) is 10.2. The smallest absolute Gasteiger partial charge is 0.125 e. The maximum absolute atomic E-state index is 13.5. The molecule has 1 aromatic carbocycles. The third-order valence-electron chi connectivity index (χ3n) is 3.90. The minimum Gasteiger partial charge on any atom is -0.363 e. The molecule has 1 aliphatic heterocycles. The summed E-state index contributed by atoms with van der Waals surface area (Å²) in [5.74, 6) is -0.201. The average Bonchev–Trinajstić information content (AvgIpc) is 2.85. The highest BCUT2D eigenvalue weighted by Crippen LogP contribution is 2.35. The van der Waals surface area contributed by atoms with Crippen LogP contribution in [0.5, 0.6) is 0 Å². The molecule has 1 atom stereocenters. The van der Waals surface area contributed by atoms with Gasteiger partial charge in [-0.15, -0.1) is 0 Å². The van der Waals surface area contributed by atoms with Crippen LogP contribution in [0.3, 0.4) is 0 Å². The van der Waals surface area contributed by atoms with Crippen LogP contribution in [0.1, 0.15) is 22.9 Å². The molecule has 1 aromatic heterocycles. The van der Waals surface area contributed by atoms with Crippen LogP contribution in [-0.4, -0.2) is 18.1 Å². The Bertz CT molecular complexity index is 610. The van der Waals surface area contributed by atoms with E-state index in [9.17, 15) is 4.39 Å². The number of aryl methyl sites for hydroxylation is 1. The van der Waals surface area contributed by atoms with Gasteiger partial charge in [0, 0.05) is 30.7 Å². The Labute approximate surface area is 118 Å². The van der Waals surface area contributed by atoms with Crippen LogP contribution in [0.15, 0.2) is 36.5 Å². The first-order valence-electron chi connectivity index (χ1n) is 6.86. The second kappa shape index (κ2) is 5.21. The Kier molecular flexibility index (Phi) is 3.40. The lowest BCUT2D eigenvalue weighted by atomic mass is 10.1. The fourth-order valence-electron chi connectivity index (χ4n) is 2.82. The Morgan fingerprint density at radius 2 is 2.20 bits per heavy atom. The zero-order valence-corrected chi connectivity index (χ0v) is 11.5. The summed E-state index contributed by atoms with van der Waals surface area (Å²) >= 11 is 0. The van der Waals surface area contributed by atoms with Gasteiger partial charge in [-0.1, -0.05) is 12.1 Å². The number of pyridine rings is 1. The lowest BCUT2D eigenvalue weighted by Gasteiger charge is -2.29. The molecule has 3 rings (SSSR count). The number of hydrogen-bond acceptors (Lipinski definition) is 3. The molecule has 4 heteroatoms. The van der Waals surface area contributed by atoms with Crippen molar-refractivity contribution >= 4 is 5.69 Å². The SMILES string of the molecule is Cc1ccc(C(CN)N2CCc3ccc(F)cc32)cn1. The summed E-state index contributed by atoms with van der Waals surface area (Å²) in [6, 6.07) is 9.08. The Morgan fingerprint density at radius 1 is 1.35 bits per heavy atom. The monoisotopic (exact) mass is 271 g/mol. The van der Waals surface area contributed by atoms with E-state index in [0.717, 1.165) is 29.9 Å². The first-order chi connectivity index (χ1) is 9.69. The average molecular weight is 271 g/mol. The Hall–Kier alpha value is -1.94. The molecule has 2 heterocycles. The van der Waals surface area contributed by atoms with Gasteiger partial charge in [0.15, 0.2) is 0 Å². The molecule has 0 fully saturated rings. The molecule has 0 bridgehead atoms. The largest absolute Gasteiger partial charge is 0.363 e. The molecule has 2 N–H and O–H groups in total. The van der Waals surface area contributed by atoms with E-state index in [1.54, 1.807) is 6.07 Å². The first-order valence-corrected chi connectivity index (χ1v) is 6.86. The van der Waals surface area contributed by atoms with Crippen LogP contribution < -0.4 is 10.6 Å². The molecule has 0 amide bonds. The number of nitrogens with two attached hydrogens (primary N) is 1. The van der Waals surface area contributed by atoms with Crippen LogP contribution in [0, 0.1) is 12.7 Å². The summed E-state index contributed by atoms with van der Waals surface area (Å²) in [4.78, 5) is 6.52. The van der Waals surface area contributed by atoms with Crippen molar-refractivity contribution in [3.8, 4) is 0 Å². The van der Waals surface area contributed by atoms with Crippen molar-refractivity contribution in [2.24, 2.45) is 5.73 Å². The molecular formula is C16H18FN3. The first kappa shape index (κ1) is 13.1. The number of halogens is 1.